The van der Waals surface area contributed by atoms with Crippen molar-refractivity contribution in [3.8, 4) is 0 Å². The summed E-state index contributed by atoms with van der Waals surface area (Å²) in [6.07, 6.45) is 52.2. The van der Waals surface area contributed by atoms with Gasteiger partial charge in [0, 0.05) is 19.3 Å². The quantitative estimate of drug-likeness (QED) is 0.0345. The van der Waals surface area contributed by atoms with Gasteiger partial charge in [0.2, 0.25) is 0 Å². The molecule has 350 valence electrons. The maximum atomic E-state index is 12.8. The lowest BCUT2D eigenvalue weighted by Crippen LogP contribution is -2.30. The highest BCUT2D eigenvalue weighted by Gasteiger charge is 2.19. The summed E-state index contributed by atoms with van der Waals surface area (Å²) in [6.45, 7) is 6.68. The Labute approximate surface area is 368 Å². The first-order chi connectivity index (χ1) is 29.0. The van der Waals surface area contributed by atoms with Crippen LogP contribution >= 0.6 is 0 Å². The summed E-state index contributed by atoms with van der Waals surface area (Å²) in [5.74, 6) is -0.839. The SMILES string of the molecule is CCCCCCCCCCCCCCCCCC(=O)OC[C@@H](COC(=O)CCCCCCCCCCCCCCC)OC(=O)CCCCCCCCCCCCCCC. The first-order valence-electron chi connectivity index (χ1n) is 26.5. The van der Waals surface area contributed by atoms with E-state index in [1.54, 1.807) is 0 Å². The van der Waals surface area contributed by atoms with Gasteiger partial charge in [-0.15, -0.1) is 0 Å². The van der Waals surface area contributed by atoms with Crippen LogP contribution < -0.4 is 0 Å². The molecule has 6 heteroatoms. The van der Waals surface area contributed by atoms with Crippen LogP contribution in [0.5, 0.6) is 0 Å². The Morgan fingerprint density at radius 3 is 0.678 bits per heavy atom. The number of hydrogen-bond donors (Lipinski definition) is 0. The van der Waals surface area contributed by atoms with Crippen molar-refractivity contribution < 1.29 is 28.6 Å². The molecular formula is C53H102O6. The van der Waals surface area contributed by atoms with E-state index in [9.17, 15) is 14.4 Å². The maximum Gasteiger partial charge on any atom is 0.306 e. The van der Waals surface area contributed by atoms with Crippen molar-refractivity contribution in [2.75, 3.05) is 13.2 Å². The van der Waals surface area contributed by atoms with E-state index in [4.69, 9.17) is 14.2 Å². The van der Waals surface area contributed by atoms with Crippen LogP contribution in [0.2, 0.25) is 0 Å². The first-order valence-corrected chi connectivity index (χ1v) is 26.5. The Kier molecular flexibility index (Phi) is 47.7. The molecule has 0 saturated carbocycles. The normalized spacial score (nSPS) is 11.8. The third kappa shape index (κ3) is 47.3. The zero-order chi connectivity index (χ0) is 43.0. The molecule has 0 radical (unpaired) electrons. The van der Waals surface area contributed by atoms with Crippen LogP contribution in [0.15, 0.2) is 0 Å². The molecule has 0 aliphatic carbocycles. The first kappa shape index (κ1) is 57.4. The van der Waals surface area contributed by atoms with Gasteiger partial charge in [-0.2, -0.15) is 0 Å². The van der Waals surface area contributed by atoms with Gasteiger partial charge in [-0.05, 0) is 19.3 Å². The van der Waals surface area contributed by atoms with Crippen LogP contribution in [0.4, 0.5) is 0 Å². The molecule has 0 unspecified atom stereocenters. The fraction of sp³-hybridized carbons (Fsp3) is 0.943. The van der Waals surface area contributed by atoms with Crippen LogP contribution in [0.3, 0.4) is 0 Å². The Morgan fingerprint density at radius 1 is 0.271 bits per heavy atom. The molecular weight excluding hydrogens is 733 g/mol. The number of carbonyl (C=O) groups excluding carboxylic acids is 3. The molecule has 0 spiro atoms. The lowest BCUT2D eigenvalue weighted by atomic mass is 10.0. The second kappa shape index (κ2) is 49.1. The average molecular weight is 835 g/mol. The van der Waals surface area contributed by atoms with E-state index >= 15 is 0 Å². The number of rotatable bonds is 49. The van der Waals surface area contributed by atoms with Crippen molar-refractivity contribution in [1.29, 1.82) is 0 Å². The second-order valence-electron chi connectivity index (χ2n) is 18.2. The number of carbonyl (C=O) groups is 3. The zero-order valence-electron chi connectivity index (χ0n) is 40.1. The molecule has 0 aromatic rings. The Hall–Kier alpha value is -1.59. The summed E-state index contributed by atoms with van der Waals surface area (Å²) in [6, 6.07) is 0. The largest absolute Gasteiger partial charge is 0.462 e. The summed E-state index contributed by atoms with van der Waals surface area (Å²) < 4.78 is 16.8. The van der Waals surface area contributed by atoms with Gasteiger partial charge in [0.15, 0.2) is 6.10 Å². The molecule has 0 aromatic heterocycles. The highest BCUT2D eigenvalue weighted by Crippen LogP contribution is 2.17. The fourth-order valence-corrected chi connectivity index (χ4v) is 8.09. The van der Waals surface area contributed by atoms with E-state index in [1.165, 1.54) is 205 Å². The zero-order valence-corrected chi connectivity index (χ0v) is 40.1. The van der Waals surface area contributed by atoms with Crippen LogP contribution in [0, 0.1) is 0 Å². The highest BCUT2D eigenvalue weighted by molar-refractivity contribution is 5.71. The van der Waals surface area contributed by atoms with Crippen molar-refractivity contribution in [3.63, 3.8) is 0 Å². The molecule has 59 heavy (non-hydrogen) atoms. The Morgan fingerprint density at radius 2 is 0.458 bits per heavy atom. The lowest BCUT2D eigenvalue weighted by molar-refractivity contribution is -0.167. The Balaban J connectivity index is 4.30. The van der Waals surface area contributed by atoms with Gasteiger partial charge < -0.3 is 14.2 Å². The van der Waals surface area contributed by atoms with Crippen molar-refractivity contribution in [2.24, 2.45) is 0 Å². The van der Waals surface area contributed by atoms with Crippen LogP contribution in [0.25, 0.3) is 0 Å². The molecule has 0 saturated heterocycles. The van der Waals surface area contributed by atoms with Gasteiger partial charge >= 0.3 is 17.9 Å². The molecule has 0 amide bonds. The van der Waals surface area contributed by atoms with Crippen LogP contribution in [-0.4, -0.2) is 37.2 Å². The van der Waals surface area contributed by atoms with Gasteiger partial charge in [-0.1, -0.05) is 265 Å². The molecule has 0 aliphatic heterocycles. The minimum Gasteiger partial charge on any atom is -0.462 e. The van der Waals surface area contributed by atoms with Gasteiger partial charge in [0.05, 0.1) is 0 Å². The minimum atomic E-state index is -0.759. The smallest absolute Gasteiger partial charge is 0.306 e. The molecule has 0 aliphatic rings. The van der Waals surface area contributed by atoms with E-state index in [1.807, 2.05) is 0 Å². The van der Waals surface area contributed by atoms with Crippen molar-refractivity contribution in [2.45, 2.75) is 309 Å². The molecule has 0 N–H and O–H groups in total. The summed E-state index contributed by atoms with van der Waals surface area (Å²) in [7, 11) is 0. The summed E-state index contributed by atoms with van der Waals surface area (Å²) in [5.41, 5.74) is 0. The molecule has 0 fully saturated rings. The van der Waals surface area contributed by atoms with Crippen molar-refractivity contribution >= 4 is 17.9 Å². The summed E-state index contributed by atoms with van der Waals surface area (Å²) in [5, 5.41) is 0. The van der Waals surface area contributed by atoms with E-state index in [0.717, 1.165) is 57.8 Å². The van der Waals surface area contributed by atoms with Crippen molar-refractivity contribution in [3.05, 3.63) is 0 Å². The molecule has 0 rings (SSSR count). The predicted molar refractivity (Wildman–Crippen MR) is 252 cm³/mol. The van der Waals surface area contributed by atoms with E-state index in [-0.39, 0.29) is 31.1 Å². The molecule has 0 aromatic carbocycles. The average Bonchev–Trinajstić information content (AvgIpc) is 3.23. The van der Waals surface area contributed by atoms with Crippen LogP contribution in [0.1, 0.15) is 303 Å². The van der Waals surface area contributed by atoms with Gasteiger partial charge in [-0.25, -0.2) is 0 Å². The number of unbranched alkanes of at least 4 members (excludes halogenated alkanes) is 38. The highest BCUT2D eigenvalue weighted by atomic mass is 16.6. The maximum absolute atomic E-state index is 12.8. The van der Waals surface area contributed by atoms with Gasteiger partial charge in [-0.3, -0.25) is 14.4 Å². The topological polar surface area (TPSA) is 78.9 Å². The lowest BCUT2D eigenvalue weighted by Gasteiger charge is -2.18. The molecule has 0 heterocycles. The summed E-state index contributed by atoms with van der Waals surface area (Å²) in [4.78, 5) is 38.0. The van der Waals surface area contributed by atoms with Crippen LogP contribution in [-0.2, 0) is 28.6 Å². The number of esters is 3. The monoisotopic (exact) mass is 835 g/mol. The van der Waals surface area contributed by atoms with Crippen molar-refractivity contribution in [1.82, 2.24) is 0 Å². The second-order valence-corrected chi connectivity index (χ2v) is 18.2. The fourth-order valence-electron chi connectivity index (χ4n) is 8.09. The standard InChI is InChI=1S/C53H102O6/c1-4-7-10-13-16-19-22-25-26-29-31-34-37-40-43-46-52(55)58-49-50(59-53(56)47-44-41-38-35-32-28-24-21-18-15-12-9-6-3)48-57-51(54)45-42-39-36-33-30-27-23-20-17-14-11-8-5-2/h50H,4-49H2,1-3H3/t50-/m1/s1. The third-order valence-electron chi connectivity index (χ3n) is 12.1. The summed E-state index contributed by atoms with van der Waals surface area (Å²) >= 11 is 0. The third-order valence-corrected chi connectivity index (χ3v) is 12.1. The van der Waals surface area contributed by atoms with Gasteiger partial charge in [0.1, 0.15) is 13.2 Å². The van der Waals surface area contributed by atoms with Gasteiger partial charge in [0.25, 0.3) is 0 Å². The molecule has 6 nitrogen and oxygen atoms in total. The molecule has 1 atom stereocenters. The number of hydrogen-bond acceptors (Lipinski definition) is 6. The van der Waals surface area contributed by atoms with E-state index in [0.29, 0.717) is 19.3 Å². The minimum absolute atomic E-state index is 0.0616. The predicted octanol–water partition coefficient (Wildman–Crippen LogP) is 17.2. The van der Waals surface area contributed by atoms with E-state index in [2.05, 4.69) is 20.8 Å². The Bertz CT molecular complexity index is 874. The molecule has 0 bridgehead atoms. The van der Waals surface area contributed by atoms with E-state index < -0.39 is 6.10 Å². The number of ether oxygens (including phenoxy) is 3.